The fourth-order valence-corrected chi connectivity index (χ4v) is 3.00. The molecule has 0 aliphatic carbocycles. The summed E-state index contributed by atoms with van der Waals surface area (Å²) in [7, 11) is 0. The lowest BCUT2D eigenvalue weighted by molar-refractivity contribution is -0.120. The standard InChI is InChI=1S/C17H19BrN4O/c1-12-8-9-19-17(20-12)22-10-2-3-13(11-22)16(23)21-15-6-4-14(18)5-7-15/h4-9,13H,2-3,10-11H2,1H3,(H,21,23). The summed E-state index contributed by atoms with van der Waals surface area (Å²) < 4.78 is 0.996. The van der Waals surface area contributed by atoms with Gasteiger partial charge in [0.05, 0.1) is 5.92 Å². The van der Waals surface area contributed by atoms with Crippen molar-refractivity contribution in [1.29, 1.82) is 0 Å². The number of anilines is 2. The fraction of sp³-hybridized carbons (Fsp3) is 0.353. The Morgan fingerprint density at radius 3 is 2.83 bits per heavy atom. The first-order valence-corrected chi connectivity index (χ1v) is 8.52. The highest BCUT2D eigenvalue weighted by atomic mass is 79.9. The monoisotopic (exact) mass is 374 g/mol. The molecular weight excluding hydrogens is 356 g/mol. The van der Waals surface area contributed by atoms with E-state index in [1.807, 2.05) is 37.3 Å². The molecule has 23 heavy (non-hydrogen) atoms. The number of halogens is 1. The van der Waals surface area contributed by atoms with E-state index in [0.29, 0.717) is 12.5 Å². The van der Waals surface area contributed by atoms with E-state index >= 15 is 0 Å². The molecule has 1 N–H and O–H groups in total. The van der Waals surface area contributed by atoms with Gasteiger partial charge in [0, 0.05) is 35.1 Å². The number of aryl methyl sites for hydroxylation is 1. The maximum Gasteiger partial charge on any atom is 0.229 e. The molecule has 3 rings (SSSR count). The van der Waals surface area contributed by atoms with Crippen LogP contribution in [-0.4, -0.2) is 29.0 Å². The second kappa shape index (κ2) is 7.08. The molecule has 1 unspecified atom stereocenters. The first kappa shape index (κ1) is 15.9. The average Bonchev–Trinajstić information content (AvgIpc) is 2.57. The number of piperidine rings is 1. The maximum absolute atomic E-state index is 12.5. The molecule has 1 aliphatic heterocycles. The SMILES string of the molecule is Cc1ccnc(N2CCCC(C(=O)Nc3ccc(Br)cc3)C2)n1. The summed E-state index contributed by atoms with van der Waals surface area (Å²) in [4.78, 5) is 23.4. The Morgan fingerprint density at radius 1 is 1.30 bits per heavy atom. The van der Waals surface area contributed by atoms with Crippen molar-refractivity contribution in [3.63, 3.8) is 0 Å². The molecule has 2 aromatic rings. The number of nitrogens with one attached hydrogen (secondary N) is 1. The van der Waals surface area contributed by atoms with Crippen LogP contribution >= 0.6 is 15.9 Å². The largest absolute Gasteiger partial charge is 0.340 e. The Bertz CT molecular complexity index is 689. The first-order valence-electron chi connectivity index (χ1n) is 7.73. The zero-order valence-electron chi connectivity index (χ0n) is 13.0. The van der Waals surface area contributed by atoms with Crippen molar-refractivity contribution < 1.29 is 4.79 Å². The molecule has 1 fully saturated rings. The maximum atomic E-state index is 12.5. The third-order valence-corrected chi connectivity index (χ3v) is 4.50. The molecule has 1 saturated heterocycles. The van der Waals surface area contributed by atoms with Crippen molar-refractivity contribution in [2.45, 2.75) is 19.8 Å². The summed E-state index contributed by atoms with van der Waals surface area (Å²) in [6.45, 7) is 3.50. The number of aromatic nitrogens is 2. The predicted molar refractivity (Wildman–Crippen MR) is 94.5 cm³/mol. The third kappa shape index (κ3) is 4.07. The number of benzene rings is 1. The van der Waals surface area contributed by atoms with Crippen LogP contribution in [0.5, 0.6) is 0 Å². The fourth-order valence-electron chi connectivity index (χ4n) is 2.74. The van der Waals surface area contributed by atoms with E-state index < -0.39 is 0 Å². The molecule has 1 amide bonds. The lowest BCUT2D eigenvalue weighted by Crippen LogP contribution is -2.41. The van der Waals surface area contributed by atoms with Crippen LogP contribution in [0.3, 0.4) is 0 Å². The molecular formula is C17H19BrN4O. The van der Waals surface area contributed by atoms with Crippen molar-refractivity contribution in [3.8, 4) is 0 Å². The highest BCUT2D eigenvalue weighted by molar-refractivity contribution is 9.10. The molecule has 0 spiro atoms. The molecule has 2 heterocycles. The van der Waals surface area contributed by atoms with Crippen LogP contribution in [0.15, 0.2) is 41.0 Å². The Morgan fingerprint density at radius 2 is 2.09 bits per heavy atom. The molecule has 120 valence electrons. The zero-order chi connectivity index (χ0) is 16.2. The molecule has 0 bridgehead atoms. The van der Waals surface area contributed by atoms with Crippen molar-refractivity contribution in [2.75, 3.05) is 23.3 Å². The van der Waals surface area contributed by atoms with E-state index in [1.165, 1.54) is 0 Å². The minimum absolute atomic E-state index is 0.0449. The van der Waals surface area contributed by atoms with Crippen LogP contribution in [0.25, 0.3) is 0 Å². The van der Waals surface area contributed by atoms with E-state index in [9.17, 15) is 4.79 Å². The van der Waals surface area contributed by atoms with Crippen LogP contribution in [0.1, 0.15) is 18.5 Å². The Kier molecular flexibility index (Phi) is 4.91. The molecule has 1 aromatic carbocycles. The second-order valence-corrected chi connectivity index (χ2v) is 6.70. The normalized spacial score (nSPS) is 17.8. The minimum atomic E-state index is -0.0449. The molecule has 1 atom stereocenters. The summed E-state index contributed by atoms with van der Waals surface area (Å²) in [5.74, 6) is 0.729. The zero-order valence-corrected chi connectivity index (χ0v) is 14.6. The van der Waals surface area contributed by atoms with E-state index in [2.05, 4.69) is 36.1 Å². The summed E-state index contributed by atoms with van der Waals surface area (Å²) >= 11 is 3.39. The van der Waals surface area contributed by atoms with Gasteiger partial charge in [0.2, 0.25) is 11.9 Å². The van der Waals surface area contributed by atoms with Crippen LogP contribution in [0, 0.1) is 12.8 Å². The van der Waals surface area contributed by atoms with Crippen molar-refractivity contribution in [1.82, 2.24) is 9.97 Å². The first-order chi connectivity index (χ1) is 11.1. The summed E-state index contributed by atoms with van der Waals surface area (Å²) in [6, 6.07) is 9.51. The van der Waals surface area contributed by atoms with Gasteiger partial charge >= 0.3 is 0 Å². The number of carbonyl (C=O) groups excluding carboxylic acids is 1. The highest BCUT2D eigenvalue weighted by Crippen LogP contribution is 2.22. The number of hydrogen-bond acceptors (Lipinski definition) is 4. The number of carbonyl (C=O) groups is 1. The second-order valence-electron chi connectivity index (χ2n) is 5.78. The van der Waals surface area contributed by atoms with Gasteiger partial charge in [-0.05, 0) is 50.1 Å². The number of amides is 1. The van der Waals surface area contributed by atoms with Crippen molar-refractivity contribution in [2.24, 2.45) is 5.92 Å². The number of nitrogens with zero attached hydrogens (tertiary/aromatic N) is 3. The lowest BCUT2D eigenvalue weighted by atomic mass is 9.97. The molecule has 1 aromatic heterocycles. The summed E-state index contributed by atoms with van der Waals surface area (Å²) in [6.07, 6.45) is 3.63. The topological polar surface area (TPSA) is 58.1 Å². The van der Waals surface area contributed by atoms with E-state index in [0.717, 1.165) is 35.2 Å². The van der Waals surface area contributed by atoms with Crippen LogP contribution in [-0.2, 0) is 4.79 Å². The van der Waals surface area contributed by atoms with Crippen molar-refractivity contribution >= 4 is 33.5 Å². The van der Waals surface area contributed by atoms with Crippen LogP contribution in [0.2, 0.25) is 0 Å². The Balaban J connectivity index is 1.65. The third-order valence-electron chi connectivity index (χ3n) is 3.97. The van der Waals surface area contributed by atoms with E-state index in [4.69, 9.17) is 0 Å². The number of rotatable bonds is 3. The van der Waals surface area contributed by atoms with Gasteiger partial charge in [-0.2, -0.15) is 0 Å². The van der Waals surface area contributed by atoms with E-state index in [1.54, 1.807) is 6.20 Å². The van der Waals surface area contributed by atoms with Crippen LogP contribution < -0.4 is 10.2 Å². The van der Waals surface area contributed by atoms with Gasteiger partial charge in [-0.15, -0.1) is 0 Å². The molecule has 1 aliphatic rings. The Labute approximate surface area is 144 Å². The molecule has 5 nitrogen and oxygen atoms in total. The van der Waals surface area contributed by atoms with Crippen LogP contribution in [0.4, 0.5) is 11.6 Å². The molecule has 0 radical (unpaired) electrons. The highest BCUT2D eigenvalue weighted by Gasteiger charge is 2.27. The van der Waals surface area contributed by atoms with Gasteiger partial charge in [-0.25, -0.2) is 9.97 Å². The lowest BCUT2D eigenvalue weighted by Gasteiger charge is -2.32. The van der Waals surface area contributed by atoms with Gasteiger partial charge in [-0.3, -0.25) is 4.79 Å². The quantitative estimate of drug-likeness (QED) is 0.894. The summed E-state index contributed by atoms with van der Waals surface area (Å²) in [5, 5.41) is 2.99. The minimum Gasteiger partial charge on any atom is -0.340 e. The van der Waals surface area contributed by atoms with Gasteiger partial charge < -0.3 is 10.2 Å². The van der Waals surface area contributed by atoms with Crippen molar-refractivity contribution in [3.05, 3.63) is 46.7 Å². The van der Waals surface area contributed by atoms with Gasteiger partial charge in [0.25, 0.3) is 0 Å². The molecule has 6 heteroatoms. The van der Waals surface area contributed by atoms with Gasteiger partial charge in [0.15, 0.2) is 0 Å². The van der Waals surface area contributed by atoms with Gasteiger partial charge in [-0.1, -0.05) is 15.9 Å². The summed E-state index contributed by atoms with van der Waals surface area (Å²) in [5.41, 5.74) is 1.76. The van der Waals surface area contributed by atoms with E-state index in [-0.39, 0.29) is 11.8 Å². The number of hydrogen-bond donors (Lipinski definition) is 1. The molecule has 0 saturated carbocycles. The average molecular weight is 375 g/mol. The predicted octanol–water partition coefficient (Wildman–Crippen LogP) is 3.40. The van der Waals surface area contributed by atoms with Gasteiger partial charge in [0.1, 0.15) is 0 Å². The Hall–Kier alpha value is -1.95. The smallest absolute Gasteiger partial charge is 0.229 e.